The molecule has 0 fully saturated rings. The number of carbonyl (C=O) groups excluding carboxylic acids is 1. The molecule has 0 aliphatic heterocycles. The number of anilines is 1. The number of benzene rings is 2. The van der Waals surface area contributed by atoms with Gasteiger partial charge in [-0.3, -0.25) is 9.10 Å². The maximum absolute atomic E-state index is 13.1. The van der Waals surface area contributed by atoms with Gasteiger partial charge in [-0.25, -0.2) is 18.2 Å². The average Bonchev–Trinajstić information content (AvgIpc) is 2.63. The smallest absolute Gasteiger partial charge is 0.260 e. The van der Waals surface area contributed by atoms with Gasteiger partial charge in [-0.05, 0) is 47.7 Å². The molecule has 0 aliphatic rings. The second-order valence-corrected chi connectivity index (χ2v) is 9.71. The van der Waals surface area contributed by atoms with Gasteiger partial charge in [0.1, 0.15) is 12.4 Å². The van der Waals surface area contributed by atoms with E-state index in [9.17, 15) is 17.6 Å². The molecule has 0 heterocycles. The fraction of sp³-hybridized carbons (Fsp3) is 0.333. The Morgan fingerprint density at radius 2 is 1.62 bits per heavy atom. The van der Waals surface area contributed by atoms with Gasteiger partial charge in [-0.2, -0.15) is 5.10 Å². The maximum atomic E-state index is 13.1. The molecular formula is C21H26FN3O3S. The number of amides is 1. The van der Waals surface area contributed by atoms with Crippen LogP contribution in [0.3, 0.4) is 0 Å². The number of nitrogens with zero attached hydrogens (tertiary/aromatic N) is 2. The van der Waals surface area contributed by atoms with Crippen LogP contribution in [-0.4, -0.2) is 32.8 Å². The summed E-state index contributed by atoms with van der Waals surface area (Å²) in [6.45, 7) is 7.65. The van der Waals surface area contributed by atoms with E-state index < -0.39 is 28.3 Å². The lowest BCUT2D eigenvalue weighted by Gasteiger charge is -2.21. The van der Waals surface area contributed by atoms with Crippen LogP contribution in [-0.2, 0) is 20.2 Å². The first kappa shape index (κ1) is 22.5. The molecule has 0 bridgehead atoms. The monoisotopic (exact) mass is 419 g/mol. The molecule has 6 nitrogen and oxygen atoms in total. The Balaban J connectivity index is 2.10. The van der Waals surface area contributed by atoms with Crippen molar-refractivity contribution >= 4 is 27.3 Å². The molecule has 0 unspecified atom stereocenters. The summed E-state index contributed by atoms with van der Waals surface area (Å²) in [7, 11) is -3.73. The summed E-state index contributed by atoms with van der Waals surface area (Å²) in [6, 6.07) is 12.7. The lowest BCUT2D eigenvalue weighted by atomic mass is 9.86. The fourth-order valence-corrected chi connectivity index (χ4v) is 3.45. The first-order valence-corrected chi connectivity index (χ1v) is 10.9. The molecule has 0 saturated heterocycles. The summed E-state index contributed by atoms with van der Waals surface area (Å²) >= 11 is 0. The summed E-state index contributed by atoms with van der Waals surface area (Å²) in [5.74, 6) is -1.10. The molecule has 0 aromatic heterocycles. The predicted octanol–water partition coefficient (Wildman–Crippen LogP) is 3.43. The highest BCUT2D eigenvalue weighted by atomic mass is 32.2. The van der Waals surface area contributed by atoms with Gasteiger partial charge >= 0.3 is 0 Å². The summed E-state index contributed by atoms with van der Waals surface area (Å²) in [4.78, 5) is 12.3. The van der Waals surface area contributed by atoms with E-state index in [1.165, 1.54) is 17.7 Å². The molecule has 0 saturated carbocycles. The second-order valence-electron chi connectivity index (χ2n) is 7.81. The topological polar surface area (TPSA) is 78.8 Å². The van der Waals surface area contributed by atoms with Gasteiger partial charge in [0.2, 0.25) is 10.0 Å². The van der Waals surface area contributed by atoms with Gasteiger partial charge in [-0.1, -0.05) is 45.0 Å². The van der Waals surface area contributed by atoms with E-state index in [0.717, 1.165) is 28.3 Å². The number of nitrogens with one attached hydrogen (secondary N) is 1. The molecule has 2 aromatic rings. The van der Waals surface area contributed by atoms with Crippen LogP contribution in [0.4, 0.5) is 10.1 Å². The van der Waals surface area contributed by atoms with E-state index >= 15 is 0 Å². The molecule has 0 atom stereocenters. The number of sulfonamides is 1. The highest BCUT2D eigenvalue weighted by Gasteiger charge is 2.21. The first-order valence-electron chi connectivity index (χ1n) is 9.05. The summed E-state index contributed by atoms with van der Waals surface area (Å²) in [5.41, 5.74) is 5.23. The van der Waals surface area contributed by atoms with Gasteiger partial charge in [0.25, 0.3) is 5.91 Å². The van der Waals surface area contributed by atoms with Crippen LogP contribution in [0.15, 0.2) is 53.6 Å². The normalized spacial score (nSPS) is 12.6. The van der Waals surface area contributed by atoms with E-state index in [-0.39, 0.29) is 11.1 Å². The molecule has 0 spiro atoms. The van der Waals surface area contributed by atoms with Gasteiger partial charge in [0, 0.05) is 0 Å². The Morgan fingerprint density at radius 1 is 1.07 bits per heavy atom. The van der Waals surface area contributed by atoms with Crippen LogP contribution in [0.2, 0.25) is 0 Å². The van der Waals surface area contributed by atoms with Crippen molar-refractivity contribution in [2.24, 2.45) is 5.10 Å². The average molecular weight is 420 g/mol. The van der Waals surface area contributed by atoms with E-state index in [0.29, 0.717) is 5.71 Å². The minimum absolute atomic E-state index is 0.0350. The fourth-order valence-electron chi connectivity index (χ4n) is 2.60. The number of rotatable bonds is 6. The zero-order valence-electron chi connectivity index (χ0n) is 17.2. The summed E-state index contributed by atoms with van der Waals surface area (Å²) < 4.78 is 38.1. The third-order valence-corrected chi connectivity index (χ3v) is 5.46. The van der Waals surface area contributed by atoms with Crippen molar-refractivity contribution in [2.75, 3.05) is 17.1 Å². The Labute approximate surface area is 171 Å². The molecular weight excluding hydrogens is 393 g/mol. The first-order chi connectivity index (χ1) is 13.4. The molecule has 1 amide bonds. The van der Waals surface area contributed by atoms with Crippen LogP contribution >= 0.6 is 0 Å². The Kier molecular flexibility index (Phi) is 6.79. The number of carbonyl (C=O) groups is 1. The number of hydrogen-bond donors (Lipinski definition) is 1. The van der Waals surface area contributed by atoms with Gasteiger partial charge in [0.15, 0.2) is 0 Å². The number of halogens is 1. The van der Waals surface area contributed by atoms with Crippen molar-refractivity contribution in [1.29, 1.82) is 0 Å². The van der Waals surface area contributed by atoms with Crippen LogP contribution in [0.25, 0.3) is 0 Å². The zero-order valence-corrected chi connectivity index (χ0v) is 18.0. The summed E-state index contributed by atoms with van der Waals surface area (Å²) in [6.07, 6.45) is 0.981. The van der Waals surface area contributed by atoms with Crippen molar-refractivity contribution in [2.45, 2.75) is 33.1 Å². The van der Waals surface area contributed by atoms with Crippen molar-refractivity contribution in [1.82, 2.24) is 5.43 Å². The molecule has 2 rings (SSSR count). The van der Waals surface area contributed by atoms with E-state index in [4.69, 9.17) is 0 Å². The summed E-state index contributed by atoms with van der Waals surface area (Å²) in [5, 5.41) is 4.06. The van der Waals surface area contributed by atoms with Crippen molar-refractivity contribution in [3.8, 4) is 0 Å². The van der Waals surface area contributed by atoms with Crippen LogP contribution in [0.1, 0.15) is 38.8 Å². The zero-order chi connectivity index (χ0) is 21.8. The van der Waals surface area contributed by atoms with E-state index in [1.807, 2.05) is 24.3 Å². The molecule has 0 aliphatic carbocycles. The minimum Gasteiger partial charge on any atom is -0.271 e. The lowest BCUT2D eigenvalue weighted by Crippen LogP contribution is -2.39. The van der Waals surface area contributed by atoms with Crippen LogP contribution in [0, 0.1) is 5.82 Å². The Bertz CT molecular complexity index is 993. The van der Waals surface area contributed by atoms with E-state index in [1.54, 1.807) is 6.92 Å². The number of hydrogen-bond acceptors (Lipinski definition) is 4. The molecule has 1 N–H and O–H groups in total. The quantitative estimate of drug-likeness (QED) is 0.576. The number of hydrazone groups is 1. The van der Waals surface area contributed by atoms with Crippen LogP contribution in [0.5, 0.6) is 0 Å². The van der Waals surface area contributed by atoms with E-state index in [2.05, 4.69) is 31.3 Å². The maximum Gasteiger partial charge on any atom is 0.260 e. The predicted molar refractivity (Wildman–Crippen MR) is 114 cm³/mol. The van der Waals surface area contributed by atoms with Gasteiger partial charge in [0.05, 0.1) is 17.7 Å². The molecule has 29 heavy (non-hydrogen) atoms. The molecule has 8 heteroatoms. The largest absolute Gasteiger partial charge is 0.271 e. The van der Waals surface area contributed by atoms with Crippen LogP contribution < -0.4 is 9.73 Å². The third kappa shape index (κ3) is 6.39. The highest BCUT2D eigenvalue weighted by molar-refractivity contribution is 7.92. The van der Waals surface area contributed by atoms with Crippen molar-refractivity contribution < 1.29 is 17.6 Å². The second kappa shape index (κ2) is 8.73. The highest BCUT2D eigenvalue weighted by Crippen LogP contribution is 2.22. The lowest BCUT2D eigenvalue weighted by molar-refractivity contribution is -0.119. The Hall–Kier alpha value is -2.74. The molecule has 2 aromatic carbocycles. The van der Waals surface area contributed by atoms with Gasteiger partial charge in [-0.15, -0.1) is 0 Å². The Morgan fingerprint density at radius 3 is 2.10 bits per heavy atom. The third-order valence-electron chi connectivity index (χ3n) is 4.32. The molecule has 156 valence electrons. The van der Waals surface area contributed by atoms with Crippen molar-refractivity contribution in [3.05, 3.63) is 65.5 Å². The minimum atomic E-state index is -3.73. The molecule has 0 radical (unpaired) electrons. The van der Waals surface area contributed by atoms with Crippen molar-refractivity contribution in [3.63, 3.8) is 0 Å². The van der Waals surface area contributed by atoms with Gasteiger partial charge < -0.3 is 0 Å². The standard InChI is InChI=1S/C21H26FN3O3S/c1-15(16-6-8-17(9-7-16)21(2,3)4)23-24-20(26)14-25(29(5,27)28)19-12-10-18(22)11-13-19/h6-13H,14H2,1-5H3,(H,24,26)/b23-15-. The SMILES string of the molecule is C/C(=N/NC(=O)CN(c1ccc(F)cc1)S(C)(=O)=O)c1ccc(C(C)(C)C)cc1.